The number of para-hydroxylation sites is 1. The van der Waals surface area contributed by atoms with Crippen LogP contribution in [0, 0.1) is 5.95 Å². The molecule has 5 heteroatoms. The van der Waals surface area contributed by atoms with Gasteiger partial charge in [0.15, 0.2) is 0 Å². The Morgan fingerprint density at radius 3 is 2.71 bits per heavy atom. The molecule has 0 fully saturated rings. The second-order valence-corrected chi connectivity index (χ2v) is 6.02. The van der Waals surface area contributed by atoms with Crippen molar-refractivity contribution in [2.45, 2.75) is 25.9 Å². The van der Waals surface area contributed by atoms with Gasteiger partial charge in [-0.15, -0.1) is 0 Å². The van der Waals surface area contributed by atoms with E-state index >= 15 is 0 Å². The Bertz CT molecular complexity index is 784. The zero-order valence-electron chi connectivity index (χ0n) is 13.7. The first-order valence-corrected chi connectivity index (χ1v) is 8.34. The maximum atomic E-state index is 13.9. The van der Waals surface area contributed by atoms with Crippen LogP contribution >= 0.6 is 0 Å². The average Bonchev–Trinajstić information content (AvgIpc) is 3.00. The zero-order valence-corrected chi connectivity index (χ0v) is 13.7. The summed E-state index contributed by atoms with van der Waals surface area (Å²) in [6.07, 6.45) is 5.50. The summed E-state index contributed by atoms with van der Waals surface area (Å²) in [6.45, 7) is 2.87. The lowest BCUT2D eigenvalue weighted by Crippen LogP contribution is -2.25. The largest absolute Gasteiger partial charge is 0.361 e. The number of halogens is 1. The van der Waals surface area contributed by atoms with Crippen LogP contribution in [0.2, 0.25) is 0 Å². The van der Waals surface area contributed by atoms with E-state index in [1.54, 1.807) is 12.1 Å². The van der Waals surface area contributed by atoms with Crippen LogP contribution in [0.3, 0.4) is 0 Å². The Morgan fingerprint density at radius 1 is 1.04 bits per heavy atom. The molecule has 3 rings (SSSR count). The van der Waals surface area contributed by atoms with Gasteiger partial charge in [0, 0.05) is 41.9 Å². The van der Waals surface area contributed by atoms with Gasteiger partial charge in [-0.2, -0.15) is 4.39 Å². The molecule has 2 heterocycles. The van der Waals surface area contributed by atoms with Crippen molar-refractivity contribution in [1.82, 2.24) is 14.9 Å². The van der Waals surface area contributed by atoms with E-state index in [9.17, 15) is 4.39 Å². The van der Waals surface area contributed by atoms with E-state index in [-0.39, 0.29) is 5.95 Å². The number of benzene rings is 1. The van der Waals surface area contributed by atoms with Crippen molar-refractivity contribution in [3.8, 4) is 0 Å². The van der Waals surface area contributed by atoms with Gasteiger partial charge in [0.25, 0.3) is 0 Å². The molecule has 126 valence electrons. The number of H-pyrrole nitrogens is 1. The van der Waals surface area contributed by atoms with Crippen LogP contribution in [0.15, 0.2) is 48.8 Å². The van der Waals surface area contributed by atoms with E-state index in [0.717, 1.165) is 31.4 Å². The molecule has 0 aliphatic carbocycles. The quantitative estimate of drug-likeness (QED) is 0.492. The lowest BCUT2D eigenvalue weighted by Gasteiger charge is -2.22. The van der Waals surface area contributed by atoms with Crippen molar-refractivity contribution in [1.29, 1.82) is 0 Å². The zero-order chi connectivity index (χ0) is 16.8. The summed E-state index contributed by atoms with van der Waals surface area (Å²) in [5.74, 6) is -0.389. The molecule has 4 nitrogen and oxygen atoms in total. The van der Waals surface area contributed by atoms with Crippen molar-refractivity contribution in [2.75, 3.05) is 13.1 Å². The summed E-state index contributed by atoms with van der Waals surface area (Å²) >= 11 is 0. The molecule has 0 amide bonds. The second-order valence-electron chi connectivity index (χ2n) is 6.02. The SMILES string of the molecule is NCCCCN(Cc1cccnc1F)Cc1c[nH]c2ccccc12. The molecule has 0 bridgehead atoms. The van der Waals surface area contributed by atoms with Gasteiger partial charge in [0.1, 0.15) is 0 Å². The highest BCUT2D eigenvalue weighted by atomic mass is 19.1. The van der Waals surface area contributed by atoms with Crippen LogP contribution < -0.4 is 5.73 Å². The number of unbranched alkanes of at least 4 members (excludes halogenated alkanes) is 1. The minimum Gasteiger partial charge on any atom is -0.361 e. The predicted molar refractivity (Wildman–Crippen MR) is 94.9 cm³/mol. The molecule has 2 aromatic heterocycles. The first kappa shape index (κ1) is 16.6. The third-order valence-electron chi connectivity index (χ3n) is 4.23. The van der Waals surface area contributed by atoms with Gasteiger partial charge < -0.3 is 10.7 Å². The maximum absolute atomic E-state index is 13.9. The number of nitrogens with two attached hydrogens (primary N) is 1. The van der Waals surface area contributed by atoms with Crippen LogP contribution in [0.4, 0.5) is 4.39 Å². The third-order valence-corrected chi connectivity index (χ3v) is 4.23. The molecule has 0 saturated carbocycles. The Kier molecular flexibility index (Phi) is 5.56. The van der Waals surface area contributed by atoms with E-state index in [1.165, 1.54) is 17.1 Å². The minimum absolute atomic E-state index is 0.389. The fourth-order valence-corrected chi connectivity index (χ4v) is 2.98. The second kappa shape index (κ2) is 8.04. The lowest BCUT2D eigenvalue weighted by molar-refractivity contribution is 0.248. The Balaban J connectivity index is 1.78. The summed E-state index contributed by atoms with van der Waals surface area (Å²) in [7, 11) is 0. The van der Waals surface area contributed by atoms with E-state index in [1.807, 2.05) is 18.3 Å². The molecule has 0 saturated heterocycles. The standard InChI is InChI=1S/C19H23FN4/c20-19-15(6-5-10-22-19)13-24(11-4-3-9-21)14-16-12-23-18-8-2-1-7-17(16)18/h1-2,5-8,10,12,23H,3-4,9,11,13-14,21H2. The van der Waals surface area contributed by atoms with Crippen LogP contribution in [0.25, 0.3) is 10.9 Å². The van der Waals surface area contributed by atoms with Crippen LogP contribution in [0.1, 0.15) is 24.0 Å². The molecule has 0 atom stereocenters. The predicted octanol–water partition coefficient (Wildman–Crippen LogP) is 3.44. The number of nitrogens with zero attached hydrogens (tertiary/aromatic N) is 2. The molecule has 1 aromatic carbocycles. The number of aromatic amines is 1. The molecular weight excluding hydrogens is 303 g/mol. The molecule has 0 unspecified atom stereocenters. The van der Waals surface area contributed by atoms with Gasteiger partial charge >= 0.3 is 0 Å². The number of hydrogen-bond donors (Lipinski definition) is 2. The van der Waals surface area contributed by atoms with Gasteiger partial charge in [-0.05, 0) is 43.6 Å². The highest BCUT2D eigenvalue weighted by molar-refractivity contribution is 5.82. The smallest absolute Gasteiger partial charge is 0.217 e. The first-order valence-electron chi connectivity index (χ1n) is 8.34. The van der Waals surface area contributed by atoms with Crippen molar-refractivity contribution >= 4 is 10.9 Å². The number of pyridine rings is 1. The molecular formula is C19H23FN4. The third kappa shape index (κ3) is 3.99. The lowest BCUT2D eigenvalue weighted by atomic mass is 10.1. The Labute approximate surface area is 141 Å². The summed E-state index contributed by atoms with van der Waals surface area (Å²) in [5.41, 5.74) is 8.59. The maximum Gasteiger partial charge on any atom is 0.217 e. The summed E-state index contributed by atoms with van der Waals surface area (Å²) in [6, 6.07) is 11.8. The first-order chi connectivity index (χ1) is 11.8. The van der Waals surface area contributed by atoms with E-state index in [4.69, 9.17) is 5.73 Å². The Hall–Kier alpha value is -2.24. The monoisotopic (exact) mass is 326 g/mol. The van der Waals surface area contributed by atoms with Crippen molar-refractivity contribution in [3.63, 3.8) is 0 Å². The molecule has 3 aromatic rings. The molecule has 0 radical (unpaired) electrons. The molecule has 0 aliphatic rings. The number of rotatable bonds is 8. The van der Waals surface area contributed by atoms with Crippen molar-refractivity contribution < 1.29 is 4.39 Å². The van der Waals surface area contributed by atoms with E-state index in [0.29, 0.717) is 18.7 Å². The van der Waals surface area contributed by atoms with Gasteiger partial charge in [0.2, 0.25) is 5.95 Å². The number of nitrogens with one attached hydrogen (secondary N) is 1. The van der Waals surface area contributed by atoms with E-state index in [2.05, 4.69) is 27.0 Å². The molecule has 0 spiro atoms. The van der Waals surface area contributed by atoms with Crippen molar-refractivity contribution in [3.05, 3.63) is 65.9 Å². The fourth-order valence-electron chi connectivity index (χ4n) is 2.98. The number of aromatic nitrogens is 2. The van der Waals surface area contributed by atoms with Gasteiger partial charge in [-0.3, -0.25) is 4.90 Å². The summed E-state index contributed by atoms with van der Waals surface area (Å²) in [4.78, 5) is 9.31. The normalized spacial score (nSPS) is 11.5. The highest BCUT2D eigenvalue weighted by Gasteiger charge is 2.13. The van der Waals surface area contributed by atoms with Crippen LogP contribution in [-0.2, 0) is 13.1 Å². The van der Waals surface area contributed by atoms with E-state index < -0.39 is 0 Å². The molecule has 3 N–H and O–H groups in total. The number of fused-ring (bicyclic) bond motifs is 1. The minimum atomic E-state index is -0.389. The number of hydrogen-bond acceptors (Lipinski definition) is 3. The molecule has 0 aliphatic heterocycles. The van der Waals surface area contributed by atoms with Crippen LogP contribution in [-0.4, -0.2) is 28.0 Å². The summed E-state index contributed by atoms with van der Waals surface area (Å²) in [5, 5.41) is 1.22. The van der Waals surface area contributed by atoms with Crippen LogP contribution in [0.5, 0.6) is 0 Å². The highest BCUT2D eigenvalue weighted by Crippen LogP contribution is 2.20. The Morgan fingerprint density at radius 2 is 1.88 bits per heavy atom. The van der Waals surface area contributed by atoms with Crippen molar-refractivity contribution in [2.24, 2.45) is 5.73 Å². The fraction of sp³-hybridized carbons (Fsp3) is 0.316. The van der Waals surface area contributed by atoms with Gasteiger partial charge in [0.05, 0.1) is 0 Å². The molecule has 24 heavy (non-hydrogen) atoms. The van der Waals surface area contributed by atoms with Gasteiger partial charge in [-0.25, -0.2) is 4.98 Å². The average molecular weight is 326 g/mol. The topological polar surface area (TPSA) is 57.9 Å². The van der Waals surface area contributed by atoms with Gasteiger partial charge in [-0.1, -0.05) is 24.3 Å². The summed E-state index contributed by atoms with van der Waals surface area (Å²) < 4.78 is 13.9.